The zero-order chi connectivity index (χ0) is 47.3. The molecule has 3 aliphatic heterocycles. The zero-order valence-electron chi connectivity index (χ0n) is 38.1. The zero-order valence-corrected chi connectivity index (χ0v) is 38.9. The van der Waals surface area contributed by atoms with Crippen molar-refractivity contribution in [2.75, 3.05) is 26.2 Å². The fourth-order valence-electron chi connectivity index (χ4n) is 10.8. The van der Waals surface area contributed by atoms with Gasteiger partial charge in [-0.1, -0.05) is 50.3 Å². The average molecular weight is 957 g/mol. The lowest BCUT2D eigenvalue weighted by molar-refractivity contribution is -0.149. The third-order valence-corrected chi connectivity index (χ3v) is 17.6. The Morgan fingerprint density at radius 1 is 0.985 bits per heavy atom. The number of fused-ring (bicyclic) bond motifs is 5. The van der Waals surface area contributed by atoms with Crippen molar-refractivity contribution in [1.82, 2.24) is 30.1 Å². The summed E-state index contributed by atoms with van der Waals surface area (Å²) in [6.07, 6.45) is 5.32. The summed E-state index contributed by atoms with van der Waals surface area (Å²) in [5.41, 5.74) is -0.360. The molecule has 4 heterocycles. The molecule has 2 saturated heterocycles. The second-order valence-corrected chi connectivity index (χ2v) is 22.6. The minimum absolute atomic E-state index is 0.0300. The number of para-hydroxylation sites is 1. The van der Waals surface area contributed by atoms with Crippen molar-refractivity contribution in [1.29, 1.82) is 0 Å². The minimum atomic E-state index is -4.30. The molecule has 4 aliphatic carbocycles. The SMILES string of the molecule is C=CC1CC1(NC(=O)[C@@H]1C[C@@H]2CN1C(=O)[C@H](C1CCCCC1)NC(=O)O[C@@H]1C[C@H]1CCCCCc1c(nc3ccccc3c1OC1CCN(CC(F)(F)F)CC1)O2)C(=O)NS(=O)(=O)C1(C)CC1. The molecule has 19 heteroatoms. The first-order valence-electron chi connectivity index (χ1n) is 24.3. The lowest BCUT2D eigenvalue weighted by atomic mass is 9.83. The standard InChI is InChI=1S/C48H63F3N6O9S/c1-3-31-26-47(31,44(60)55-67(62,63)46(2)20-21-46)54-41(58)37-25-33-27-57(37)43(59)39(29-12-6-4-7-13-29)53-45(61)66-38-24-30(38)14-8-5-9-16-35-40(34-15-10-11-17-36(34)52-42(35)65-33)64-32-18-22-56(23-19-32)28-48(49,50)51/h3,10-11,15,17,29-33,37-39H,1,4-9,12-14,16,18-28H2,2H3,(H,53,61)(H,54,58)(H,55,60)/t30-,31?,33-,37+,38-,39+,47?/m1/s1. The van der Waals surface area contributed by atoms with Crippen molar-refractivity contribution in [3.05, 3.63) is 42.5 Å². The van der Waals surface area contributed by atoms with E-state index in [-0.39, 0.29) is 62.4 Å². The largest absolute Gasteiger partial charge is 0.489 e. The molecule has 3 N–H and O–H groups in total. The number of carbonyl (C=O) groups is 4. The number of sulfonamides is 1. The van der Waals surface area contributed by atoms with Gasteiger partial charge in [0.25, 0.3) is 5.91 Å². The molecule has 2 bridgehead atoms. The summed E-state index contributed by atoms with van der Waals surface area (Å²) in [5.74, 6) is -1.84. The smallest absolute Gasteiger partial charge is 0.408 e. The lowest BCUT2D eigenvalue weighted by Crippen LogP contribution is -2.59. The number of carbonyl (C=O) groups excluding carboxylic acids is 4. The van der Waals surface area contributed by atoms with Gasteiger partial charge in [0.15, 0.2) is 0 Å². The Hall–Kier alpha value is -4.65. The first-order chi connectivity index (χ1) is 32.0. The maximum Gasteiger partial charge on any atom is 0.408 e. The number of alkyl carbamates (subject to hydrolysis) is 1. The van der Waals surface area contributed by atoms with E-state index in [0.717, 1.165) is 56.8 Å². The van der Waals surface area contributed by atoms with Gasteiger partial charge in [0.2, 0.25) is 27.7 Å². The Bertz CT molecular complexity index is 2350. The highest BCUT2D eigenvalue weighted by molar-refractivity contribution is 7.91. The van der Waals surface area contributed by atoms with Crippen LogP contribution >= 0.6 is 0 Å². The number of alkyl halides is 3. The van der Waals surface area contributed by atoms with E-state index in [4.69, 9.17) is 19.2 Å². The van der Waals surface area contributed by atoms with Crippen LogP contribution in [0.15, 0.2) is 36.9 Å². The van der Waals surface area contributed by atoms with E-state index >= 15 is 4.79 Å². The monoisotopic (exact) mass is 956 g/mol. The van der Waals surface area contributed by atoms with E-state index in [2.05, 4.69) is 21.9 Å². The number of nitrogens with zero attached hydrogens (tertiary/aromatic N) is 3. The molecule has 15 nitrogen and oxygen atoms in total. The molecule has 1 aromatic heterocycles. The average Bonchev–Trinajstić information content (AvgIpc) is 4.25. The Morgan fingerprint density at radius 3 is 2.37 bits per heavy atom. The highest BCUT2D eigenvalue weighted by atomic mass is 32.2. The summed E-state index contributed by atoms with van der Waals surface area (Å²) < 4.78 is 87.0. The maximum absolute atomic E-state index is 15.1. The molecule has 366 valence electrons. The van der Waals surface area contributed by atoms with Crippen LogP contribution in [0.5, 0.6) is 11.6 Å². The predicted molar refractivity (Wildman–Crippen MR) is 240 cm³/mol. The van der Waals surface area contributed by atoms with Crippen LogP contribution in [0.1, 0.15) is 115 Å². The Balaban J connectivity index is 1.05. The van der Waals surface area contributed by atoms with E-state index in [0.29, 0.717) is 61.8 Å². The van der Waals surface area contributed by atoms with Gasteiger partial charge in [0.05, 0.1) is 28.9 Å². The normalized spacial score (nSPS) is 30.8. The van der Waals surface area contributed by atoms with Crippen LogP contribution in [0, 0.1) is 17.8 Å². The molecule has 1 aromatic carbocycles. The first kappa shape index (κ1) is 47.4. The Kier molecular flexibility index (Phi) is 13.2. The number of likely N-dealkylation sites (tertiary alicyclic amines) is 1. The second-order valence-electron chi connectivity index (χ2n) is 20.4. The molecule has 7 atom stereocenters. The number of hydrogen-bond acceptors (Lipinski definition) is 11. The van der Waals surface area contributed by atoms with Gasteiger partial charge in [-0.3, -0.25) is 24.0 Å². The third-order valence-electron chi connectivity index (χ3n) is 15.4. The molecule has 67 heavy (non-hydrogen) atoms. The number of amides is 4. The predicted octanol–water partition coefficient (Wildman–Crippen LogP) is 6.23. The minimum Gasteiger partial charge on any atom is -0.489 e. The molecule has 4 amide bonds. The van der Waals surface area contributed by atoms with E-state index in [1.54, 1.807) is 6.92 Å². The molecule has 6 fully saturated rings. The molecule has 2 unspecified atom stereocenters. The van der Waals surface area contributed by atoms with Gasteiger partial charge in [-0.2, -0.15) is 13.2 Å². The highest BCUT2D eigenvalue weighted by Gasteiger charge is 2.63. The number of rotatable bonds is 10. The molecule has 4 saturated carbocycles. The van der Waals surface area contributed by atoms with E-state index in [9.17, 15) is 36.0 Å². The third kappa shape index (κ3) is 10.4. The van der Waals surface area contributed by atoms with Gasteiger partial charge in [0, 0.05) is 30.8 Å². The molecule has 9 rings (SSSR count). The van der Waals surface area contributed by atoms with Gasteiger partial charge in [-0.25, -0.2) is 18.2 Å². The summed E-state index contributed by atoms with van der Waals surface area (Å²) in [5, 5.41) is 6.52. The van der Waals surface area contributed by atoms with Crippen LogP contribution in [0.4, 0.5) is 18.0 Å². The molecular formula is C48H63F3N6O9S. The number of halogens is 3. The highest BCUT2D eigenvalue weighted by Crippen LogP contribution is 2.48. The number of nitrogens with one attached hydrogen (secondary N) is 3. The summed E-state index contributed by atoms with van der Waals surface area (Å²) in [6, 6.07) is 5.23. The molecular weight excluding hydrogens is 894 g/mol. The lowest BCUT2D eigenvalue weighted by Gasteiger charge is -2.34. The fraction of sp³-hybridized carbons (Fsp3) is 0.688. The molecule has 2 aromatic rings. The summed E-state index contributed by atoms with van der Waals surface area (Å²) in [6.45, 7) is 4.78. The molecule has 7 aliphatic rings. The summed E-state index contributed by atoms with van der Waals surface area (Å²) in [7, 11) is -4.05. The van der Waals surface area contributed by atoms with Gasteiger partial charge in [0.1, 0.15) is 41.7 Å². The van der Waals surface area contributed by atoms with E-state index in [1.807, 2.05) is 24.3 Å². The molecule has 0 radical (unpaired) electrons. The number of benzene rings is 1. The number of piperidine rings is 1. The summed E-state index contributed by atoms with van der Waals surface area (Å²) >= 11 is 0. The van der Waals surface area contributed by atoms with Crippen LogP contribution in [-0.2, 0) is 35.6 Å². The van der Waals surface area contributed by atoms with Crippen molar-refractivity contribution < 1.29 is 55.0 Å². The Labute approximate surface area is 389 Å². The van der Waals surface area contributed by atoms with Crippen molar-refractivity contribution in [2.45, 2.75) is 163 Å². The number of aromatic nitrogens is 1. The van der Waals surface area contributed by atoms with Crippen molar-refractivity contribution in [2.24, 2.45) is 17.8 Å². The molecule has 0 spiro atoms. The number of ether oxygens (including phenoxy) is 3. The van der Waals surface area contributed by atoms with Crippen molar-refractivity contribution in [3.8, 4) is 11.6 Å². The topological polar surface area (TPSA) is 186 Å². The van der Waals surface area contributed by atoms with Gasteiger partial charge in [-0.05, 0) is 102 Å². The fourth-order valence-corrected chi connectivity index (χ4v) is 12.1. The maximum atomic E-state index is 15.1. The van der Waals surface area contributed by atoms with Gasteiger partial charge < -0.3 is 29.7 Å². The number of pyridine rings is 1. The Morgan fingerprint density at radius 2 is 1.69 bits per heavy atom. The van der Waals surface area contributed by atoms with Crippen LogP contribution in [0.2, 0.25) is 0 Å². The van der Waals surface area contributed by atoms with Crippen LogP contribution < -0.4 is 24.8 Å². The second kappa shape index (κ2) is 18.7. The number of hydrogen-bond donors (Lipinski definition) is 3. The first-order valence-corrected chi connectivity index (χ1v) is 25.8. The quantitative estimate of drug-likeness (QED) is 0.230. The van der Waals surface area contributed by atoms with Crippen LogP contribution in [-0.4, -0.2) is 120 Å². The van der Waals surface area contributed by atoms with Crippen LogP contribution in [0.3, 0.4) is 0 Å². The van der Waals surface area contributed by atoms with Crippen molar-refractivity contribution in [3.63, 3.8) is 0 Å². The van der Waals surface area contributed by atoms with Crippen LogP contribution in [0.25, 0.3) is 10.9 Å². The van der Waals surface area contributed by atoms with E-state index in [1.165, 1.54) is 15.9 Å². The van der Waals surface area contributed by atoms with Gasteiger partial charge >= 0.3 is 12.3 Å². The summed E-state index contributed by atoms with van der Waals surface area (Å²) in [4.78, 5) is 65.2. The van der Waals surface area contributed by atoms with Crippen molar-refractivity contribution >= 4 is 44.7 Å². The van der Waals surface area contributed by atoms with Gasteiger partial charge in [-0.15, -0.1) is 6.58 Å². The van der Waals surface area contributed by atoms with E-state index < -0.39 is 81.0 Å².